The van der Waals surface area contributed by atoms with E-state index in [1.54, 1.807) is 0 Å². The SMILES string of the molecule is CC(C)c1ccc2c(c1)CN(Cc1ccn[nH]1)CC2. The van der Waals surface area contributed by atoms with E-state index in [0.717, 1.165) is 26.1 Å². The fourth-order valence-corrected chi connectivity index (χ4v) is 2.74. The second-order valence-corrected chi connectivity index (χ2v) is 5.73. The van der Waals surface area contributed by atoms with Gasteiger partial charge >= 0.3 is 0 Å². The number of hydrogen-bond acceptors (Lipinski definition) is 2. The third kappa shape index (κ3) is 2.71. The van der Waals surface area contributed by atoms with E-state index in [2.05, 4.69) is 53.2 Å². The molecular weight excluding hydrogens is 234 g/mol. The van der Waals surface area contributed by atoms with Gasteiger partial charge in [-0.15, -0.1) is 0 Å². The van der Waals surface area contributed by atoms with Crippen molar-refractivity contribution in [2.45, 2.75) is 39.3 Å². The lowest BCUT2D eigenvalue weighted by Crippen LogP contribution is -2.30. The van der Waals surface area contributed by atoms with Crippen molar-refractivity contribution in [2.75, 3.05) is 6.54 Å². The first-order chi connectivity index (χ1) is 9.22. The van der Waals surface area contributed by atoms with Crippen molar-refractivity contribution < 1.29 is 0 Å². The molecule has 3 heteroatoms. The number of hydrogen-bond donors (Lipinski definition) is 1. The van der Waals surface area contributed by atoms with Crippen molar-refractivity contribution >= 4 is 0 Å². The van der Waals surface area contributed by atoms with Gasteiger partial charge in [-0.3, -0.25) is 10.00 Å². The van der Waals surface area contributed by atoms with Gasteiger partial charge in [0.05, 0.1) is 0 Å². The van der Waals surface area contributed by atoms with Gasteiger partial charge in [-0.2, -0.15) is 5.10 Å². The van der Waals surface area contributed by atoms with E-state index in [9.17, 15) is 0 Å². The van der Waals surface area contributed by atoms with Crippen LogP contribution in [0.5, 0.6) is 0 Å². The second kappa shape index (κ2) is 5.17. The van der Waals surface area contributed by atoms with E-state index in [-0.39, 0.29) is 0 Å². The Hall–Kier alpha value is -1.61. The van der Waals surface area contributed by atoms with Crippen molar-refractivity contribution in [1.29, 1.82) is 0 Å². The van der Waals surface area contributed by atoms with Gasteiger partial charge in [-0.05, 0) is 35.1 Å². The van der Waals surface area contributed by atoms with E-state index in [4.69, 9.17) is 0 Å². The Kier molecular flexibility index (Phi) is 3.38. The van der Waals surface area contributed by atoms with Gasteiger partial charge in [-0.1, -0.05) is 32.0 Å². The molecule has 0 aliphatic carbocycles. The van der Waals surface area contributed by atoms with Gasteiger partial charge in [0.1, 0.15) is 0 Å². The van der Waals surface area contributed by atoms with Crippen LogP contribution >= 0.6 is 0 Å². The first kappa shape index (κ1) is 12.4. The molecule has 0 atom stereocenters. The summed E-state index contributed by atoms with van der Waals surface area (Å²) >= 11 is 0. The number of rotatable bonds is 3. The topological polar surface area (TPSA) is 31.9 Å². The monoisotopic (exact) mass is 255 g/mol. The van der Waals surface area contributed by atoms with Crippen molar-refractivity contribution in [1.82, 2.24) is 15.1 Å². The summed E-state index contributed by atoms with van der Waals surface area (Å²) in [6, 6.07) is 9.05. The molecule has 3 nitrogen and oxygen atoms in total. The molecule has 1 aliphatic heterocycles. The van der Waals surface area contributed by atoms with Crippen LogP contribution in [0.15, 0.2) is 30.5 Å². The fourth-order valence-electron chi connectivity index (χ4n) is 2.74. The first-order valence-electron chi connectivity index (χ1n) is 7.04. The molecule has 19 heavy (non-hydrogen) atoms. The fraction of sp³-hybridized carbons (Fsp3) is 0.438. The first-order valence-corrected chi connectivity index (χ1v) is 7.04. The third-order valence-corrected chi connectivity index (χ3v) is 3.94. The standard InChI is InChI=1S/C16H21N3/c1-12(2)14-4-3-13-6-8-19(10-15(13)9-14)11-16-5-7-17-18-16/h3-5,7,9,12H,6,8,10-11H2,1-2H3,(H,17,18). The van der Waals surface area contributed by atoms with Crippen LogP contribution in [0.25, 0.3) is 0 Å². The molecular formula is C16H21N3. The van der Waals surface area contributed by atoms with Crippen LogP contribution in [0.2, 0.25) is 0 Å². The molecule has 1 aromatic carbocycles. The molecule has 0 saturated heterocycles. The van der Waals surface area contributed by atoms with Crippen molar-refractivity contribution in [2.24, 2.45) is 0 Å². The van der Waals surface area contributed by atoms with Gasteiger partial charge in [-0.25, -0.2) is 0 Å². The van der Waals surface area contributed by atoms with Gasteiger partial charge < -0.3 is 0 Å². The van der Waals surface area contributed by atoms with E-state index in [0.29, 0.717) is 5.92 Å². The van der Waals surface area contributed by atoms with Crippen LogP contribution in [0.1, 0.15) is 42.1 Å². The zero-order valence-electron chi connectivity index (χ0n) is 11.7. The maximum atomic E-state index is 4.02. The zero-order valence-corrected chi connectivity index (χ0v) is 11.7. The minimum absolute atomic E-state index is 0.605. The lowest BCUT2D eigenvalue weighted by atomic mass is 9.93. The Labute approximate surface area is 114 Å². The van der Waals surface area contributed by atoms with Gasteiger partial charge in [0.15, 0.2) is 0 Å². The highest BCUT2D eigenvalue weighted by Crippen LogP contribution is 2.24. The van der Waals surface area contributed by atoms with Crippen molar-refractivity contribution in [3.8, 4) is 0 Å². The number of nitrogens with one attached hydrogen (secondary N) is 1. The minimum atomic E-state index is 0.605. The number of aromatic nitrogens is 2. The average Bonchev–Trinajstić information content (AvgIpc) is 2.90. The molecule has 0 saturated carbocycles. The molecule has 3 rings (SSSR count). The largest absolute Gasteiger partial charge is 0.293 e. The molecule has 1 N–H and O–H groups in total. The van der Waals surface area contributed by atoms with Crippen LogP contribution in [0.4, 0.5) is 0 Å². The molecule has 2 aromatic rings. The van der Waals surface area contributed by atoms with Crippen LogP contribution in [-0.2, 0) is 19.5 Å². The van der Waals surface area contributed by atoms with Crippen LogP contribution in [0.3, 0.4) is 0 Å². The molecule has 1 aliphatic rings. The van der Waals surface area contributed by atoms with E-state index in [1.807, 2.05) is 6.20 Å². The number of nitrogens with zero attached hydrogens (tertiary/aromatic N) is 2. The van der Waals surface area contributed by atoms with Gasteiger partial charge in [0.25, 0.3) is 0 Å². The summed E-state index contributed by atoms with van der Waals surface area (Å²) in [4.78, 5) is 2.49. The van der Waals surface area contributed by atoms with E-state index in [1.165, 1.54) is 22.4 Å². The summed E-state index contributed by atoms with van der Waals surface area (Å²) in [6.45, 7) is 7.66. The van der Waals surface area contributed by atoms with Gasteiger partial charge in [0.2, 0.25) is 0 Å². The predicted octanol–water partition coefficient (Wildman–Crippen LogP) is 3.09. The minimum Gasteiger partial charge on any atom is -0.293 e. The number of benzene rings is 1. The Balaban J connectivity index is 1.76. The third-order valence-electron chi connectivity index (χ3n) is 3.94. The Morgan fingerprint density at radius 3 is 2.89 bits per heavy atom. The Morgan fingerprint density at radius 1 is 1.26 bits per heavy atom. The molecule has 1 aromatic heterocycles. The predicted molar refractivity (Wildman–Crippen MR) is 76.9 cm³/mol. The normalized spacial score (nSPS) is 15.7. The summed E-state index contributed by atoms with van der Waals surface area (Å²) in [5, 5.41) is 7.06. The molecule has 100 valence electrons. The maximum Gasteiger partial charge on any atom is 0.0492 e. The Morgan fingerprint density at radius 2 is 2.16 bits per heavy atom. The highest BCUT2D eigenvalue weighted by atomic mass is 15.2. The van der Waals surface area contributed by atoms with E-state index < -0.39 is 0 Å². The molecule has 0 fully saturated rings. The number of aromatic amines is 1. The summed E-state index contributed by atoms with van der Waals surface area (Å²) in [5.41, 5.74) is 5.66. The maximum absolute atomic E-state index is 4.02. The summed E-state index contributed by atoms with van der Waals surface area (Å²) < 4.78 is 0. The summed E-state index contributed by atoms with van der Waals surface area (Å²) in [7, 11) is 0. The van der Waals surface area contributed by atoms with Crippen LogP contribution in [0, 0.1) is 0 Å². The molecule has 0 spiro atoms. The average molecular weight is 255 g/mol. The summed E-state index contributed by atoms with van der Waals surface area (Å²) in [5.74, 6) is 0.605. The summed E-state index contributed by atoms with van der Waals surface area (Å²) in [6.07, 6.45) is 2.98. The van der Waals surface area contributed by atoms with Crippen LogP contribution in [-0.4, -0.2) is 21.6 Å². The molecule has 0 amide bonds. The number of H-pyrrole nitrogens is 1. The number of fused-ring (bicyclic) bond motifs is 1. The second-order valence-electron chi connectivity index (χ2n) is 5.73. The molecule has 0 radical (unpaired) electrons. The lowest BCUT2D eigenvalue weighted by molar-refractivity contribution is 0.242. The van der Waals surface area contributed by atoms with Crippen molar-refractivity contribution in [3.05, 3.63) is 52.8 Å². The highest BCUT2D eigenvalue weighted by Gasteiger charge is 2.17. The molecule has 2 heterocycles. The smallest absolute Gasteiger partial charge is 0.0492 e. The lowest BCUT2D eigenvalue weighted by Gasteiger charge is -2.29. The highest BCUT2D eigenvalue weighted by molar-refractivity contribution is 5.35. The quantitative estimate of drug-likeness (QED) is 0.914. The zero-order chi connectivity index (χ0) is 13.2. The molecule has 0 unspecified atom stereocenters. The molecule has 0 bridgehead atoms. The Bertz CT molecular complexity index is 543. The van der Waals surface area contributed by atoms with Gasteiger partial charge in [0, 0.05) is 31.5 Å². The van der Waals surface area contributed by atoms with Crippen LogP contribution < -0.4 is 0 Å². The van der Waals surface area contributed by atoms with E-state index >= 15 is 0 Å². The van der Waals surface area contributed by atoms with Crippen molar-refractivity contribution in [3.63, 3.8) is 0 Å².